The van der Waals surface area contributed by atoms with Crippen LogP contribution < -0.4 is 9.47 Å². The molecule has 0 spiro atoms. The molecule has 0 amide bonds. The van der Waals surface area contributed by atoms with Crippen molar-refractivity contribution in [1.82, 2.24) is 4.57 Å². The summed E-state index contributed by atoms with van der Waals surface area (Å²) in [6.45, 7) is 3.68. The van der Waals surface area contributed by atoms with Gasteiger partial charge < -0.3 is 14.0 Å². The van der Waals surface area contributed by atoms with Crippen molar-refractivity contribution in [3.63, 3.8) is 0 Å². The molecule has 0 N–H and O–H groups in total. The third-order valence-electron chi connectivity index (χ3n) is 2.68. The van der Waals surface area contributed by atoms with Gasteiger partial charge >= 0.3 is 0 Å². The maximum Gasteiger partial charge on any atom is 0.161 e. The van der Waals surface area contributed by atoms with Gasteiger partial charge in [-0.2, -0.15) is 5.26 Å². The fraction of sp³-hybridized carbons (Fsp3) is 0.267. The van der Waals surface area contributed by atoms with Crippen LogP contribution >= 0.6 is 0 Å². The summed E-state index contributed by atoms with van der Waals surface area (Å²) in [5.41, 5.74) is 0.640. The molecule has 0 saturated heterocycles. The van der Waals surface area contributed by atoms with Crippen molar-refractivity contribution in [3.8, 4) is 17.6 Å². The average molecular weight is 256 g/mol. The molecule has 0 atom stereocenters. The van der Waals surface area contributed by atoms with Crippen molar-refractivity contribution in [1.29, 1.82) is 5.26 Å². The van der Waals surface area contributed by atoms with E-state index in [1.54, 1.807) is 6.07 Å². The zero-order valence-electron chi connectivity index (χ0n) is 10.9. The minimum atomic E-state index is 0.493. The highest BCUT2D eigenvalue weighted by molar-refractivity contribution is 5.39. The first-order chi connectivity index (χ1) is 9.35. The van der Waals surface area contributed by atoms with Crippen molar-refractivity contribution in [3.05, 3.63) is 48.3 Å². The predicted octanol–water partition coefficient (Wildman–Crippen LogP) is 2.84. The largest absolute Gasteiger partial charge is 0.490 e. The number of benzene rings is 1. The van der Waals surface area contributed by atoms with Crippen LogP contribution in [0.5, 0.6) is 11.5 Å². The highest BCUT2D eigenvalue weighted by Crippen LogP contribution is 2.26. The lowest BCUT2D eigenvalue weighted by Crippen LogP contribution is -2.09. The van der Waals surface area contributed by atoms with E-state index in [9.17, 15) is 0 Å². The molecule has 4 heteroatoms. The minimum absolute atomic E-state index is 0.493. The first-order valence-corrected chi connectivity index (χ1v) is 6.25. The Hall–Kier alpha value is -2.41. The Morgan fingerprint density at radius 2 is 1.84 bits per heavy atom. The number of nitriles is 1. The van der Waals surface area contributed by atoms with E-state index in [-0.39, 0.29) is 0 Å². The molecule has 1 heterocycles. The van der Waals surface area contributed by atoms with Crippen LogP contribution in [0.2, 0.25) is 0 Å². The molecule has 98 valence electrons. The normalized spacial score (nSPS) is 9.89. The molecule has 0 fully saturated rings. The second-order valence-electron chi connectivity index (χ2n) is 3.93. The predicted molar refractivity (Wildman–Crippen MR) is 72.3 cm³/mol. The quantitative estimate of drug-likeness (QED) is 0.798. The van der Waals surface area contributed by atoms with Crippen LogP contribution in [0.4, 0.5) is 0 Å². The Bertz CT molecular complexity index is 570. The topological polar surface area (TPSA) is 47.2 Å². The molecular weight excluding hydrogens is 240 g/mol. The van der Waals surface area contributed by atoms with Gasteiger partial charge in [-0.1, -0.05) is 12.1 Å². The lowest BCUT2D eigenvalue weighted by atomic mass is 10.3. The van der Waals surface area contributed by atoms with Crippen LogP contribution in [-0.2, 0) is 6.54 Å². The summed E-state index contributed by atoms with van der Waals surface area (Å²) in [5, 5.41) is 8.91. The molecule has 19 heavy (non-hydrogen) atoms. The van der Waals surface area contributed by atoms with E-state index in [2.05, 4.69) is 6.07 Å². The number of hydrogen-bond donors (Lipinski definition) is 0. The summed E-state index contributed by atoms with van der Waals surface area (Å²) in [4.78, 5) is 0. The molecule has 0 aliphatic heterocycles. The fourth-order valence-corrected chi connectivity index (χ4v) is 1.81. The van der Waals surface area contributed by atoms with E-state index in [0.717, 1.165) is 11.5 Å². The van der Waals surface area contributed by atoms with Gasteiger partial charge in [-0.15, -0.1) is 0 Å². The van der Waals surface area contributed by atoms with E-state index in [4.69, 9.17) is 14.7 Å². The van der Waals surface area contributed by atoms with Gasteiger partial charge in [-0.3, -0.25) is 0 Å². The van der Waals surface area contributed by atoms with E-state index in [1.165, 1.54) is 0 Å². The number of nitrogens with zero attached hydrogens (tertiary/aromatic N) is 2. The first kappa shape index (κ1) is 13.0. The maximum absolute atomic E-state index is 8.91. The number of hydrogen-bond acceptors (Lipinski definition) is 3. The number of aromatic nitrogens is 1. The molecule has 4 nitrogen and oxygen atoms in total. The molecule has 0 aliphatic carbocycles. The SMILES string of the molecule is CCOc1ccccc1OCCn1cccc1C#N. The first-order valence-electron chi connectivity index (χ1n) is 6.25. The monoisotopic (exact) mass is 256 g/mol. The Morgan fingerprint density at radius 3 is 2.53 bits per heavy atom. The number of rotatable bonds is 6. The van der Waals surface area contributed by atoms with Crippen LogP contribution in [0.3, 0.4) is 0 Å². The fourth-order valence-electron chi connectivity index (χ4n) is 1.81. The summed E-state index contributed by atoms with van der Waals surface area (Å²) in [6.07, 6.45) is 1.87. The van der Waals surface area contributed by atoms with Crippen molar-refractivity contribution in [2.45, 2.75) is 13.5 Å². The Morgan fingerprint density at radius 1 is 1.11 bits per heavy atom. The van der Waals surface area contributed by atoms with Crippen molar-refractivity contribution in [2.24, 2.45) is 0 Å². The van der Waals surface area contributed by atoms with Crippen LogP contribution in [-0.4, -0.2) is 17.8 Å². The molecule has 0 aliphatic rings. The standard InChI is InChI=1S/C15H16N2O2/c1-2-18-14-7-3-4-8-15(14)19-11-10-17-9-5-6-13(17)12-16/h3-9H,2,10-11H2,1H3. The van der Waals surface area contributed by atoms with Crippen LogP contribution in [0.25, 0.3) is 0 Å². The molecule has 2 aromatic rings. The number of para-hydroxylation sites is 2. The summed E-state index contributed by atoms with van der Waals surface area (Å²) in [5.74, 6) is 1.48. The van der Waals surface area contributed by atoms with Gasteiger partial charge in [0.15, 0.2) is 11.5 Å². The van der Waals surface area contributed by atoms with Crippen molar-refractivity contribution < 1.29 is 9.47 Å². The molecule has 2 rings (SSSR count). The molecule has 0 bridgehead atoms. The zero-order valence-corrected chi connectivity index (χ0v) is 10.9. The van der Waals surface area contributed by atoms with Gasteiger partial charge in [0.2, 0.25) is 0 Å². The molecular formula is C15H16N2O2. The van der Waals surface area contributed by atoms with Gasteiger partial charge in [0.05, 0.1) is 13.2 Å². The lowest BCUT2D eigenvalue weighted by molar-refractivity contribution is 0.266. The minimum Gasteiger partial charge on any atom is -0.490 e. The van der Waals surface area contributed by atoms with E-state index >= 15 is 0 Å². The molecule has 1 aromatic heterocycles. The second-order valence-corrected chi connectivity index (χ2v) is 3.93. The summed E-state index contributed by atoms with van der Waals surface area (Å²) in [6, 6.07) is 13.4. The zero-order chi connectivity index (χ0) is 13.5. The summed E-state index contributed by atoms with van der Waals surface area (Å²) in [7, 11) is 0. The third-order valence-corrected chi connectivity index (χ3v) is 2.68. The van der Waals surface area contributed by atoms with Gasteiger partial charge in [-0.05, 0) is 31.2 Å². The van der Waals surface area contributed by atoms with Crippen LogP contribution in [0, 0.1) is 11.3 Å². The Kier molecular flexibility index (Phi) is 4.46. The smallest absolute Gasteiger partial charge is 0.161 e. The molecule has 1 aromatic carbocycles. The van der Waals surface area contributed by atoms with Gasteiger partial charge in [0.1, 0.15) is 18.4 Å². The molecule has 0 radical (unpaired) electrons. The summed E-state index contributed by atoms with van der Waals surface area (Å²) >= 11 is 0. The van der Waals surface area contributed by atoms with E-state index in [1.807, 2.05) is 48.0 Å². The molecule has 0 unspecified atom stereocenters. The molecule has 0 saturated carbocycles. The van der Waals surface area contributed by atoms with Gasteiger partial charge in [0.25, 0.3) is 0 Å². The van der Waals surface area contributed by atoms with Crippen LogP contribution in [0.1, 0.15) is 12.6 Å². The highest BCUT2D eigenvalue weighted by Gasteiger charge is 2.04. The van der Waals surface area contributed by atoms with Crippen LogP contribution in [0.15, 0.2) is 42.6 Å². The van der Waals surface area contributed by atoms with Gasteiger partial charge in [-0.25, -0.2) is 0 Å². The Labute approximate surface area is 112 Å². The van der Waals surface area contributed by atoms with Crippen molar-refractivity contribution in [2.75, 3.05) is 13.2 Å². The lowest BCUT2D eigenvalue weighted by Gasteiger charge is -2.12. The second kappa shape index (κ2) is 6.50. The van der Waals surface area contributed by atoms with E-state index < -0.39 is 0 Å². The van der Waals surface area contributed by atoms with E-state index in [0.29, 0.717) is 25.5 Å². The van der Waals surface area contributed by atoms with Gasteiger partial charge in [0, 0.05) is 6.20 Å². The Balaban J connectivity index is 1.94. The average Bonchev–Trinajstić information content (AvgIpc) is 2.88. The summed E-state index contributed by atoms with van der Waals surface area (Å²) < 4.78 is 13.1. The maximum atomic E-state index is 8.91. The highest BCUT2D eigenvalue weighted by atomic mass is 16.5. The number of ether oxygens (including phenoxy) is 2. The van der Waals surface area contributed by atoms with Crippen molar-refractivity contribution >= 4 is 0 Å². The third kappa shape index (κ3) is 3.29.